The molecule has 1 aromatic rings. The van der Waals surface area contributed by atoms with Crippen molar-refractivity contribution in [2.75, 3.05) is 31.7 Å². The standard InChI is InChI=1S/C13H14Cl2N4O2S/c14-8-2-1-3-9(10(8)15)17-18-11(12(16)22)13(20)19-4-6-21-7-5-19/h1-3,17H,4-7H2,(H2,16,22)/b18-11+. The van der Waals surface area contributed by atoms with Crippen LogP contribution in [0.1, 0.15) is 0 Å². The molecule has 2 rings (SSSR count). The maximum atomic E-state index is 12.4. The molecule has 1 amide bonds. The highest BCUT2D eigenvalue weighted by molar-refractivity contribution is 7.82. The van der Waals surface area contributed by atoms with E-state index in [1.165, 1.54) is 0 Å². The number of nitrogens with two attached hydrogens (primary N) is 1. The van der Waals surface area contributed by atoms with E-state index < -0.39 is 0 Å². The summed E-state index contributed by atoms with van der Waals surface area (Å²) in [5.74, 6) is -0.346. The van der Waals surface area contributed by atoms with Gasteiger partial charge in [-0.05, 0) is 12.1 Å². The summed E-state index contributed by atoms with van der Waals surface area (Å²) >= 11 is 16.9. The fourth-order valence-corrected chi connectivity index (χ4v) is 2.31. The van der Waals surface area contributed by atoms with Crippen LogP contribution in [0.4, 0.5) is 5.69 Å². The van der Waals surface area contributed by atoms with Crippen LogP contribution in [0.3, 0.4) is 0 Å². The van der Waals surface area contributed by atoms with Crippen molar-refractivity contribution in [2.45, 2.75) is 0 Å². The summed E-state index contributed by atoms with van der Waals surface area (Å²) in [5, 5.41) is 4.67. The molecule has 0 spiro atoms. The van der Waals surface area contributed by atoms with Crippen molar-refractivity contribution in [1.29, 1.82) is 0 Å². The van der Waals surface area contributed by atoms with Gasteiger partial charge in [0.2, 0.25) is 0 Å². The number of carbonyl (C=O) groups excluding carboxylic acids is 1. The number of carbonyl (C=O) groups is 1. The molecule has 0 unspecified atom stereocenters. The second kappa shape index (κ2) is 7.73. The molecule has 0 saturated carbocycles. The number of thiocarbonyl (C=S) groups is 1. The first-order valence-electron chi connectivity index (χ1n) is 6.45. The zero-order valence-electron chi connectivity index (χ0n) is 11.5. The summed E-state index contributed by atoms with van der Waals surface area (Å²) < 4.78 is 5.20. The van der Waals surface area contributed by atoms with Crippen LogP contribution >= 0.6 is 35.4 Å². The van der Waals surface area contributed by atoms with Gasteiger partial charge in [0.1, 0.15) is 4.99 Å². The van der Waals surface area contributed by atoms with Crippen molar-refractivity contribution >= 4 is 57.7 Å². The second-order valence-electron chi connectivity index (χ2n) is 4.44. The van der Waals surface area contributed by atoms with Crippen LogP contribution in [0.15, 0.2) is 23.3 Å². The van der Waals surface area contributed by atoms with E-state index in [-0.39, 0.29) is 16.6 Å². The fraction of sp³-hybridized carbons (Fsp3) is 0.308. The number of halogens is 2. The highest BCUT2D eigenvalue weighted by atomic mass is 35.5. The smallest absolute Gasteiger partial charge is 0.277 e. The monoisotopic (exact) mass is 360 g/mol. The van der Waals surface area contributed by atoms with E-state index in [2.05, 4.69) is 10.5 Å². The molecule has 3 N–H and O–H groups in total. The van der Waals surface area contributed by atoms with Crippen molar-refractivity contribution in [3.8, 4) is 0 Å². The number of nitrogens with zero attached hydrogens (tertiary/aromatic N) is 2. The van der Waals surface area contributed by atoms with Gasteiger partial charge >= 0.3 is 0 Å². The average molecular weight is 361 g/mol. The van der Waals surface area contributed by atoms with Crippen LogP contribution in [0.5, 0.6) is 0 Å². The summed E-state index contributed by atoms with van der Waals surface area (Å²) in [4.78, 5) is 13.9. The Morgan fingerprint density at radius 3 is 2.68 bits per heavy atom. The molecule has 6 nitrogen and oxygen atoms in total. The highest BCUT2D eigenvalue weighted by Gasteiger charge is 2.24. The first-order chi connectivity index (χ1) is 10.5. The topological polar surface area (TPSA) is 79.9 Å². The predicted molar refractivity (Wildman–Crippen MR) is 91.7 cm³/mol. The van der Waals surface area contributed by atoms with Gasteiger partial charge in [-0.3, -0.25) is 10.2 Å². The SMILES string of the molecule is NC(=S)/C(=N\Nc1cccc(Cl)c1Cl)C(=O)N1CCOCC1. The Morgan fingerprint density at radius 2 is 2.05 bits per heavy atom. The van der Waals surface area contributed by atoms with Gasteiger partial charge in [0.15, 0.2) is 5.71 Å². The van der Waals surface area contributed by atoms with Gasteiger partial charge in [-0.15, -0.1) is 0 Å². The lowest BCUT2D eigenvalue weighted by Crippen LogP contribution is -2.47. The molecule has 1 aliphatic rings. The van der Waals surface area contributed by atoms with Crippen LogP contribution in [-0.4, -0.2) is 47.8 Å². The number of hydrogen-bond donors (Lipinski definition) is 2. The number of amides is 1. The average Bonchev–Trinajstić information content (AvgIpc) is 2.52. The van der Waals surface area contributed by atoms with Crippen molar-refractivity contribution in [1.82, 2.24) is 4.90 Å². The fourth-order valence-electron chi connectivity index (χ4n) is 1.83. The number of hydrazone groups is 1. The third kappa shape index (κ3) is 4.07. The van der Waals surface area contributed by atoms with Gasteiger partial charge in [-0.2, -0.15) is 5.10 Å². The third-order valence-corrected chi connectivity index (χ3v) is 3.99. The van der Waals surface area contributed by atoms with Crippen LogP contribution in [-0.2, 0) is 9.53 Å². The summed E-state index contributed by atoms with van der Waals surface area (Å²) in [6.45, 7) is 1.89. The molecule has 0 aromatic heterocycles. The lowest BCUT2D eigenvalue weighted by molar-refractivity contribution is -0.127. The molecule has 1 aromatic carbocycles. The first kappa shape index (κ1) is 17.0. The number of rotatable bonds is 4. The molecular formula is C13H14Cl2N4O2S. The molecular weight excluding hydrogens is 347 g/mol. The molecule has 1 fully saturated rings. The first-order valence-corrected chi connectivity index (χ1v) is 7.61. The van der Waals surface area contributed by atoms with E-state index >= 15 is 0 Å². The molecule has 1 heterocycles. The number of benzene rings is 1. The van der Waals surface area contributed by atoms with Crippen LogP contribution in [0, 0.1) is 0 Å². The zero-order chi connectivity index (χ0) is 16.1. The molecule has 118 valence electrons. The largest absolute Gasteiger partial charge is 0.388 e. The number of ether oxygens (including phenoxy) is 1. The van der Waals surface area contributed by atoms with E-state index in [0.717, 1.165) is 0 Å². The van der Waals surface area contributed by atoms with Crippen molar-refractivity contribution < 1.29 is 9.53 Å². The molecule has 0 radical (unpaired) electrons. The maximum absolute atomic E-state index is 12.4. The Hall–Kier alpha value is -1.41. The lowest BCUT2D eigenvalue weighted by atomic mass is 10.3. The van der Waals surface area contributed by atoms with Crippen LogP contribution in [0.25, 0.3) is 0 Å². The van der Waals surface area contributed by atoms with Crippen molar-refractivity contribution in [3.63, 3.8) is 0 Å². The molecule has 22 heavy (non-hydrogen) atoms. The highest BCUT2D eigenvalue weighted by Crippen LogP contribution is 2.29. The third-order valence-electron chi connectivity index (χ3n) is 2.97. The Balaban J connectivity index is 2.18. The van der Waals surface area contributed by atoms with Gasteiger partial charge in [0.25, 0.3) is 5.91 Å². The Labute approximate surface area is 143 Å². The molecule has 0 atom stereocenters. The van der Waals surface area contributed by atoms with Crippen LogP contribution < -0.4 is 11.2 Å². The minimum Gasteiger partial charge on any atom is -0.388 e. The minimum absolute atomic E-state index is 0.0343. The summed E-state index contributed by atoms with van der Waals surface area (Å²) in [5.41, 5.74) is 8.70. The van der Waals surface area contributed by atoms with Gasteiger partial charge in [-0.1, -0.05) is 41.5 Å². The molecule has 0 bridgehead atoms. The normalized spacial score (nSPS) is 15.5. The van der Waals surface area contributed by atoms with Crippen molar-refractivity contribution in [2.24, 2.45) is 10.8 Å². The van der Waals surface area contributed by atoms with Gasteiger partial charge in [-0.25, -0.2) is 0 Å². The number of morpholine rings is 1. The number of nitrogens with one attached hydrogen (secondary N) is 1. The van der Waals surface area contributed by atoms with Gasteiger partial charge in [0.05, 0.1) is 28.9 Å². The second-order valence-corrected chi connectivity index (χ2v) is 5.67. The molecule has 1 saturated heterocycles. The maximum Gasteiger partial charge on any atom is 0.277 e. The van der Waals surface area contributed by atoms with Crippen LogP contribution in [0.2, 0.25) is 10.0 Å². The van der Waals surface area contributed by atoms with E-state index in [0.29, 0.717) is 42.0 Å². The van der Waals surface area contributed by atoms with E-state index in [4.69, 9.17) is 45.9 Å². The summed E-state index contributed by atoms with van der Waals surface area (Å²) in [7, 11) is 0. The lowest BCUT2D eigenvalue weighted by Gasteiger charge is -2.26. The summed E-state index contributed by atoms with van der Waals surface area (Å²) in [6.07, 6.45) is 0. The van der Waals surface area contributed by atoms with E-state index in [1.807, 2.05) is 0 Å². The Bertz CT molecular complexity index is 618. The van der Waals surface area contributed by atoms with Crippen molar-refractivity contribution in [3.05, 3.63) is 28.2 Å². The van der Waals surface area contributed by atoms with Gasteiger partial charge in [0, 0.05) is 13.1 Å². The Kier molecular flexibility index (Phi) is 5.96. The van der Waals surface area contributed by atoms with E-state index in [9.17, 15) is 4.79 Å². The molecule has 9 heteroatoms. The summed E-state index contributed by atoms with van der Waals surface area (Å²) in [6, 6.07) is 5.02. The molecule has 0 aliphatic carbocycles. The minimum atomic E-state index is -0.346. The Morgan fingerprint density at radius 1 is 1.36 bits per heavy atom. The quantitative estimate of drug-likeness (QED) is 0.487. The molecule has 1 aliphatic heterocycles. The van der Waals surface area contributed by atoms with E-state index in [1.54, 1.807) is 23.1 Å². The number of anilines is 1. The zero-order valence-corrected chi connectivity index (χ0v) is 13.8. The number of hydrogen-bond acceptors (Lipinski definition) is 5. The predicted octanol–water partition coefficient (Wildman–Crippen LogP) is 1.91. The van der Waals surface area contributed by atoms with Gasteiger partial charge < -0.3 is 15.4 Å².